The Labute approximate surface area is 146 Å². The van der Waals surface area contributed by atoms with Gasteiger partial charge in [-0.05, 0) is 48.7 Å². The van der Waals surface area contributed by atoms with Crippen LogP contribution in [-0.2, 0) is 11.2 Å². The zero-order valence-electron chi connectivity index (χ0n) is 13.7. The number of carbonyl (C=O) groups excluding carboxylic acids is 2. The summed E-state index contributed by atoms with van der Waals surface area (Å²) in [6, 6.07) is 16.3. The number of imide groups is 1. The molecule has 0 saturated carbocycles. The summed E-state index contributed by atoms with van der Waals surface area (Å²) in [5, 5.41) is 2.42. The Bertz CT molecular complexity index is 674. The van der Waals surface area contributed by atoms with E-state index in [0.29, 0.717) is 6.54 Å². The molecule has 0 aliphatic carbocycles. The molecule has 0 aliphatic heterocycles. The van der Waals surface area contributed by atoms with Crippen molar-refractivity contribution in [2.45, 2.75) is 18.2 Å². The van der Waals surface area contributed by atoms with E-state index < -0.39 is 6.03 Å². The maximum Gasteiger partial charge on any atom is 0.334 e. The van der Waals surface area contributed by atoms with E-state index >= 15 is 0 Å². The summed E-state index contributed by atoms with van der Waals surface area (Å²) in [6.45, 7) is 2.35. The van der Waals surface area contributed by atoms with Crippen LogP contribution in [0.5, 0.6) is 5.75 Å². The van der Waals surface area contributed by atoms with E-state index in [9.17, 15) is 9.59 Å². The number of nitrogens with one attached hydrogen (secondary N) is 1. The smallest absolute Gasteiger partial charge is 0.334 e. The lowest BCUT2D eigenvalue weighted by molar-refractivity contribution is -0.119. The molecule has 0 aromatic heterocycles. The van der Waals surface area contributed by atoms with E-state index in [1.165, 1.54) is 16.3 Å². The molecular weight excluding hydrogens is 324 g/mol. The van der Waals surface area contributed by atoms with Gasteiger partial charge in [0.15, 0.2) is 0 Å². The van der Waals surface area contributed by atoms with Crippen molar-refractivity contribution in [3.63, 3.8) is 0 Å². The molecule has 0 saturated heterocycles. The molecule has 2 aromatic rings. The van der Waals surface area contributed by atoms with Gasteiger partial charge in [-0.2, -0.15) is 0 Å². The fourth-order valence-corrected chi connectivity index (χ4v) is 2.80. The van der Waals surface area contributed by atoms with E-state index in [-0.39, 0.29) is 12.3 Å². The lowest BCUT2D eigenvalue weighted by Gasteiger charge is -2.19. The summed E-state index contributed by atoms with van der Waals surface area (Å²) in [5.74, 6) is 0.393. The standard InChI is InChI=1S/C18H20N2O3S/c1-3-20(24-16-7-5-4-6-8-16)18(22)19-17(21)13-14-9-11-15(23-2)12-10-14/h4-12H,3,13H2,1-2H3,(H,19,21,22). The van der Waals surface area contributed by atoms with Crippen LogP contribution in [0.25, 0.3) is 0 Å². The van der Waals surface area contributed by atoms with E-state index in [2.05, 4.69) is 5.32 Å². The average molecular weight is 344 g/mol. The van der Waals surface area contributed by atoms with Gasteiger partial charge in [-0.1, -0.05) is 30.3 Å². The Balaban J connectivity index is 1.90. The normalized spacial score (nSPS) is 10.1. The Morgan fingerprint density at radius 3 is 2.33 bits per heavy atom. The third-order valence-corrected chi connectivity index (χ3v) is 4.37. The Hall–Kier alpha value is -2.47. The number of hydrogen-bond donors (Lipinski definition) is 1. The second kappa shape index (κ2) is 8.98. The molecule has 0 heterocycles. The molecule has 24 heavy (non-hydrogen) atoms. The molecule has 0 atom stereocenters. The number of nitrogens with zero attached hydrogens (tertiary/aromatic N) is 1. The van der Waals surface area contributed by atoms with Crippen LogP contribution >= 0.6 is 11.9 Å². The van der Waals surface area contributed by atoms with Crippen LogP contribution < -0.4 is 10.1 Å². The van der Waals surface area contributed by atoms with Crippen LogP contribution in [0.3, 0.4) is 0 Å². The Morgan fingerprint density at radius 2 is 1.75 bits per heavy atom. The number of ether oxygens (including phenoxy) is 1. The lowest BCUT2D eigenvalue weighted by atomic mass is 10.1. The van der Waals surface area contributed by atoms with Gasteiger partial charge in [0.2, 0.25) is 5.91 Å². The SMILES string of the molecule is CCN(Sc1ccccc1)C(=O)NC(=O)Cc1ccc(OC)cc1. The zero-order valence-corrected chi connectivity index (χ0v) is 14.5. The van der Waals surface area contributed by atoms with E-state index in [0.717, 1.165) is 16.2 Å². The average Bonchev–Trinajstić information content (AvgIpc) is 2.61. The van der Waals surface area contributed by atoms with Gasteiger partial charge in [-0.3, -0.25) is 14.4 Å². The molecule has 0 bridgehead atoms. The third kappa shape index (κ3) is 5.31. The Kier molecular flexibility index (Phi) is 6.69. The molecule has 2 aromatic carbocycles. The van der Waals surface area contributed by atoms with E-state index in [4.69, 9.17) is 4.74 Å². The first-order valence-corrected chi connectivity index (χ1v) is 8.37. The van der Waals surface area contributed by atoms with Crippen molar-refractivity contribution in [1.82, 2.24) is 9.62 Å². The predicted molar refractivity (Wildman–Crippen MR) is 94.9 cm³/mol. The number of rotatable bonds is 6. The number of amides is 3. The Morgan fingerprint density at radius 1 is 1.08 bits per heavy atom. The predicted octanol–water partition coefficient (Wildman–Crippen LogP) is 3.50. The first-order valence-electron chi connectivity index (χ1n) is 7.59. The number of carbonyl (C=O) groups is 2. The molecule has 1 N–H and O–H groups in total. The highest BCUT2D eigenvalue weighted by molar-refractivity contribution is 7.97. The van der Waals surface area contributed by atoms with Gasteiger partial charge in [-0.15, -0.1) is 0 Å². The quantitative estimate of drug-likeness (QED) is 0.815. The fourth-order valence-electron chi connectivity index (χ4n) is 2.01. The number of urea groups is 1. The van der Waals surface area contributed by atoms with Crippen molar-refractivity contribution < 1.29 is 14.3 Å². The second-order valence-corrected chi connectivity index (χ2v) is 6.07. The van der Waals surface area contributed by atoms with Crippen LogP contribution in [0.1, 0.15) is 12.5 Å². The van der Waals surface area contributed by atoms with Gasteiger partial charge >= 0.3 is 6.03 Å². The van der Waals surface area contributed by atoms with Gasteiger partial charge in [0.05, 0.1) is 13.5 Å². The maximum absolute atomic E-state index is 12.2. The number of methoxy groups -OCH3 is 1. The number of hydrogen-bond acceptors (Lipinski definition) is 4. The highest BCUT2D eigenvalue weighted by atomic mass is 32.2. The van der Waals surface area contributed by atoms with Crippen molar-refractivity contribution in [3.8, 4) is 5.75 Å². The molecule has 0 radical (unpaired) electrons. The maximum atomic E-state index is 12.2. The molecule has 0 unspecified atom stereocenters. The summed E-state index contributed by atoms with van der Waals surface area (Å²) in [4.78, 5) is 25.2. The highest BCUT2D eigenvalue weighted by Gasteiger charge is 2.16. The van der Waals surface area contributed by atoms with Crippen molar-refractivity contribution in [2.24, 2.45) is 0 Å². The lowest BCUT2D eigenvalue weighted by Crippen LogP contribution is -2.40. The summed E-state index contributed by atoms with van der Waals surface area (Å²) >= 11 is 1.30. The largest absolute Gasteiger partial charge is 0.497 e. The molecule has 0 spiro atoms. The topological polar surface area (TPSA) is 58.6 Å². The molecule has 6 heteroatoms. The molecule has 126 valence electrons. The molecule has 2 rings (SSSR count). The second-order valence-electron chi connectivity index (χ2n) is 4.98. The van der Waals surface area contributed by atoms with Crippen LogP contribution in [0.2, 0.25) is 0 Å². The van der Waals surface area contributed by atoms with Crippen molar-refractivity contribution in [2.75, 3.05) is 13.7 Å². The summed E-state index contributed by atoms with van der Waals surface area (Å²) in [6.07, 6.45) is 0.142. The van der Waals surface area contributed by atoms with Crippen LogP contribution in [-0.4, -0.2) is 29.9 Å². The van der Waals surface area contributed by atoms with E-state index in [1.54, 1.807) is 31.4 Å². The van der Waals surface area contributed by atoms with Gasteiger partial charge < -0.3 is 4.74 Å². The zero-order chi connectivity index (χ0) is 17.4. The summed E-state index contributed by atoms with van der Waals surface area (Å²) in [5.41, 5.74) is 0.819. The van der Waals surface area contributed by atoms with Crippen LogP contribution in [0.15, 0.2) is 59.5 Å². The van der Waals surface area contributed by atoms with Crippen molar-refractivity contribution in [1.29, 1.82) is 0 Å². The molecule has 0 fully saturated rings. The van der Waals surface area contributed by atoms with Crippen molar-refractivity contribution in [3.05, 3.63) is 60.2 Å². The minimum Gasteiger partial charge on any atom is -0.497 e. The van der Waals surface area contributed by atoms with Gasteiger partial charge in [-0.25, -0.2) is 4.79 Å². The molecule has 3 amide bonds. The summed E-state index contributed by atoms with van der Waals surface area (Å²) < 4.78 is 6.59. The monoisotopic (exact) mass is 344 g/mol. The van der Waals surface area contributed by atoms with E-state index in [1.807, 2.05) is 37.3 Å². The molecular formula is C18H20N2O3S. The van der Waals surface area contributed by atoms with Gasteiger partial charge in [0, 0.05) is 11.4 Å². The minimum absolute atomic E-state index is 0.142. The van der Waals surface area contributed by atoms with Crippen molar-refractivity contribution >= 4 is 23.9 Å². The molecule has 0 aliphatic rings. The van der Waals surface area contributed by atoms with Crippen LogP contribution in [0, 0.1) is 0 Å². The fraction of sp³-hybridized carbons (Fsp3) is 0.222. The number of benzene rings is 2. The highest BCUT2D eigenvalue weighted by Crippen LogP contribution is 2.21. The third-order valence-electron chi connectivity index (χ3n) is 3.24. The first-order chi connectivity index (χ1) is 11.6. The van der Waals surface area contributed by atoms with Gasteiger partial charge in [0.25, 0.3) is 0 Å². The van der Waals surface area contributed by atoms with Crippen LogP contribution in [0.4, 0.5) is 4.79 Å². The van der Waals surface area contributed by atoms with Gasteiger partial charge in [0.1, 0.15) is 5.75 Å². The first kappa shape index (κ1) is 17.9. The summed E-state index contributed by atoms with van der Waals surface area (Å²) in [7, 11) is 1.59. The molecule has 5 nitrogen and oxygen atoms in total. The minimum atomic E-state index is -0.412.